The van der Waals surface area contributed by atoms with E-state index < -0.39 is 0 Å². The normalized spacial score (nSPS) is 23.0. The zero-order valence-electron chi connectivity index (χ0n) is 11.4. The summed E-state index contributed by atoms with van der Waals surface area (Å²) in [6.07, 6.45) is 6.26. The van der Waals surface area contributed by atoms with Gasteiger partial charge in [0.1, 0.15) is 0 Å². The number of fused-ring (bicyclic) bond motifs is 1. The Kier molecular flexibility index (Phi) is 4.09. The molecule has 2 heteroatoms. The van der Waals surface area contributed by atoms with Crippen molar-refractivity contribution in [1.82, 2.24) is 5.32 Å². The predicted molar refractivity (Wildman–Crippen MR) is 85.7 cm³/mol. The Morgan fingerprint density at radius 2 is 1.95 bits per heavy atom. The second-order valence-corrected chi connectivity index (χ2v) is 6.52. The highest BCUT2D eigenvalue weighted by Gasteiger charge is 2.23. The lowest BCUT2D eigenvalue weighted by Gasteiger charge is -2.14. The predicted octanol–water partition coefficient (Wildman–Crippen LogP) is 4.21. The largest absolute Gasteiger partial charge is 0.310 e. The molecule has 100 valence electrons. The quantitative estimate of drug-likeness (QED) is 0.894. The SMILES string of the molecule is CSC1CCC(NCc2cccc3ccccc23)C1. The summed E-state index contributed by atoms with van der Waals surface area (Å²) in [5.74, 6) is 0. The van der Waals surface area contributed by atoms with E-state index in [-0.39, 0.29) is 0 Å². The van der Waals surface area contributed by atoms with Crippen molar-refractivity contribution in [3.05, 3.63) is 48.0 Å². The molecular formula is C17H21NS. The molecule has 1 N–H and O–H groups in total. The molecule has 1 nitrogen and oxygen atoms in total. The van der Waals surface area contributed by atoms with Gasteiger partial charge in [0.25, 0.3) is 0 Å². The summed E-state index contributed by atoms with van der Waals surface area (Å²) in [6.45, 7) is 0.993. The molecule has 0 radical (unpaired) electrons. The molecule has 0 bridgehead atoms. The molecule has 0 heterocycles. The average molecular weight is 271 g/mol. The highest BCUT2D eigenvalue weighted by molar-refractivity contribution is 7.99. The summed E-state index contributed by atoms with van der Waals surface area (Å²) < 4.78 is 0. The second kappa shape index (κ2) is 5.98. The van der Waals surface area contributed by atoms with Gasteiger partial charge in [0.2, 0.25) is 0 Å². The maximum Gasteiger partial charge on any atom is 0.0214 e. The number of nitrogens with one attached hydrogen (secondary N) is 1. The molecule has 2 unspecified atom stereocenters. The van der Waals surface area contributed by atoms with E-state index in [9.17, 15) is 0 Å². The highest BCUT2D eigenvalue weighted by atomic mass is 32.2. The molecule has 0 amide bonds. The first kappa shape index (κ1) is 13.0. The number of thioether (sulfide) groups is 1. The van der Waals surface area contributed by atoms with Crippen molar-refractivity contribution in [2.45, 2.75) is 37.1 Å². The van der Waals surface area contributed by atoms with Gasteiger partial charge in [-0.25, -0.2) is 0 Å². The fourth-order valence-electron chi connectivity index (χ4n) is 3.04. The maximum atomic E-state index is 3.74. The third kappa shape index (κ3) is 2.96. The monoisotopic (exact) mass is 271 g/mol. The van der Waals surface area contributed by atoms with Crippen LogP contribution in [0.2, 0.25) is 0 Å². The molecule has 0 aliphatic heterocycles. The van der Waals surface area contributed by atoms with Crippen molar-refractivity contribution in [3.63, 3.8) is 0 Å². The topological polar surface area (TPSA) is 12.0 Å². The van der Waals surface area contributed by atoms with Gasteiger partial charge in [-0.2, -0.15) is 11.8 Å². The third-order valence-corrected chi connectivity index (χ3v) is 5.27. The van der Waals surface area contributed by atoms with E-state index in [0.717, 1.165) is 11.8 Å². The molecule has 2 atom stereocenters. The lowest BCUT2D eigenvalue weighted by Crippen LogP contribution is -2.26. The first-order valence-electron chi connectivity index (χ1n) is 7.09. The molecule has 2 aromatic rings. The highest BCUT2D eigenvalue weighted by Crippen LogP contribution is 2.28. The Morgan fingerprint density at radius 1 is 1.11 bits per heavy atom. The minimum atomic E-state index is 0.705. The Labute approximate surface area is 119 Å². The van der Waals surface area contributed by atoms with Crippen LogP contribution in [-0.2, 0) is 6.54 Å². The van der Waals surface area contributed by atoms with Crippen molar-refractivity contribution in [3.8, 4) is 0 Å². The first-order valence-corrected chi connectivity index (χ1v) is 8.38. The van der Waals surface area contributed by atoms with Crippen molar-refractivity contribution < 1.29 is 0 Å². The summed E-state index contributed by atoms with van der Waals surface area (Å²) in [4.78, 5) is 0. The molecule has 3 rings (SSSR count). The number of rotatable bonds is 4. The van der Waals surface area contributed by atoms with Crippen molar-refractivity contribution in [1.29, 1.82) is 0 Å². The van der Waals surface area contributed by atoms with E-state index in [1.807, 2.05) is 11.8 Å². The fourth-order valence-corrected chi connectivity index (χ4v) is 3.84. The molecule has 1 aliphatic carbocycles. The standard InChI is InChI=1S/C17H21NS/c1-19-16-10-9-15(11-16)18-12-14-7-4-6-13-5-2-3-8-17(13)14/h2-8,15-16,18H,9-12H2,1H3. The Hall–Kier alpha value is -0.990. The first-order chi connectivity index (χ1) is 9.36. The number of benzene rings is 2. The molecule has 0 spiro atoms. The van der Waals surface area contributed by atoms with E-state index in [4.69, 9.17) is 0 Å². The minimum Gasteiger partial charge on any atom is -0.310 e. The Bertz CT molecular complexity index is 546. The molecule has 0 aromatic heterocycles. The van der Waals surface area contributed by atoms with Gasteiger partial charge < -0.3 is 5.32 Å². The molecular weight excluding hydrogens is 250 g/mol. The Morgan fingerprint density at radius 3 is 2.79 bits per heavy atom. The number of hydrogen-bond donors (Lipinski definition) is 1. The zero-order valence-corrected chi connectivity index (χ0v) is 12.2. The average Bonchev–Trinajstić information content (AvgIpc) is 2.93. The van der Waals surface area contributed by atoms with Crippen LogP contribution in [0.1, 0.15) is 24.8 Å². The van der Waals surface area contributed by atoms with E-state index in [1.54, 1.807) is 0 Å². The van der Waals surface area contributed by atoms with E-state index >= 15 is 0 Å². The van der Waals surface area contributed by atoms with Crippen molar-refractivity contribution in [2.75, 3.05) is 6.26 Å². The summed E-state index contributed by atoms with van der Waals surface area (Å²) in [7, 11) is 0. The van der Waals surface area contributed by atoms with Crippen LogP contribution in [0.25, 0.3) is 10.8 Å². The summed E-state index contributed by atoms with van der Waals surface area (Å²) in [6, 6.07) is 16.0. The molecule has 2 aromatic carbocycles. The number of hydrogen-bond acceptors (Lipinski definition) is 2. The zero-order chi connectivity index (χ0) is 13.1. The van der Waals surface area contributed by atoms with Crippen LogP contribution >= 0.6 is 11.8 Å². The fraction of sp³-hybridized carbons (Fsp3) is 0.412. The van der Waals surface area contributed by atoms with E-state index in [0.29, 0.717) is 6.04 Å². The van der Waals surface area contributed by atoms with Gasteiger partial charge in [-0.15, -0.1) is 0 Å². The summed E-state index contributed by atoms with van der Waals surface area (Å²) in [5, 5.41) is 7.34. The molecule has 0 saturated heterocycles. The Balaban J connectivity index is 1.69. The van der Waals surface area contributed by atoms with Gasteiger partial charge >= 0.3 is 0 Å². The molecule has 1 aliphatic rings. The van der Waals surface area contributed by atoms with Gasteiger partial charge in [-0.3, -0.25) is 0 Å². The molecule has 19 heavy (non-hydrogen) atoms. The lowest BCUT2D eigenvalue weighted by molar-refractivity contribution is 0.526. The maximum absolute atomic E-state index is 3.74. The van der Waals surface area contributed by atoms with Crippen LogP contribution in [0.4, 0.5) is 0 Å². The van der Waals surface area contributed by atoms with Gasteiger partial charge in [0, 0.05) is 17.8 Å². The van der Waals surface area contributed by atoms with Crippen LogP contribution in [0.3, 0.4) is 0 Å². The van der Waals surface area contributed by atoms with Crippen molar-refractivity contribution in [2.24, 2.45) is 0 Å². The van der Waals surface area contributed by atoms with Gasteiger partial charge in [0.15, 0.2) is 0 Å². The summed E-state index contributed by atoms with van der Waals surface area (Å²) in [5.41, 5.74) is 1.42. The van der Waals surface area contributed by atoms with Gasteiger partial charge in [0.05, 0.1) is 0 Å². The molecule has 1 saturated carbocycles. The van der Waals surface area contributed by atoms with Crippen LogP contribution in [0, 0.1) is 0 Å². The van der Waals surface area contributed by atoms with Crippen LogP contribution in [-0.4, -0.2) is 17.5 Å². The smallest absolute Gasteiger partial charge is 0.0214 e. The minimum absolute atomic E-state index is 0.705. The van der Waals surface area contributed by atoms with Crippen molar-refractivity contribution >= 4 is 22.5 Å². The second-order valence-electron chi connectivity index (χ2n) is 5.39. The van der Waals surface area contributed by atoms with Gasteiger partial charge in [-0.1, -0.05) is 42.5 Å². The van der Waals surface area contributed by atoms with Crippen LogP contribution < -0.4 is 5.32 Å². The van der Waals surface area contributed by atoms with E-state index in [1.165, 1.54) is 35.6 Å². The lowest BCUT2D eigenvalue weighted by atomic mass is 10.0. The van der Waals surface area contributed by atoms with Crippen LogP contribution in [0.5, 0.6) is 0 Å². The summed E-state index contributed by atoms with van der Waals surface area (Å²) >= 11 is 2.02. The van der Waals surface area contributed by atoms with Gasteiger partial charge in [-0.05, 0) is 41.9 Å². The third-order valence-electron chi connectivity index (χ3n) is 4.18. The van der Waals surface area contributed by atoms with Crippen LogP contribution in [0.15, 0.2) is 42.5 Å². The molecule has 1 fully saturated rings. The van der Waals surface area contributed by atoms with E-state index in [2.05, 4.69) is 54.0 Å².